The number of rotatable bonds is 6. The lowest BCUT2D eigenvalue weighted by molar-refractivity contribution is -0.116. The summed E-state index contributed by atoms with van der Waals surface area (Å²) in [7, 11) is 2.89. The van der Waals surface area contributed by atoms with Gasteiger partial charge in [-0.1, -0.05) is 6.07 Å². The van der Waals surface area contributed by atoms with E-state index >= 15 is 0 Å². The van der Waals surface area contributed by atoms with Crippen LogP contribution >= 0.6 is 0 Å². The molecule has 0 saturated heterocycles. The van der Waals surface area contributed by atoms with Crippen molar-refractivity contribution in [2.24, 2.45) is 5.10 Å². The summed E-state index contributed by atoms with van der Waals surface area (Å²) in [5, 5.41) is 22.9. The number of carbonyl (C=O) groups is 1. The zero-order valence-electron chi connectivity index (χ0n) is 13.8. The van der Waals surface area contributed by atoms with E-state index in [0.29, 0.717) is 22.6 Å². The van der Waals surface area contributed by atoms with Crippen molar-refractivity contribution in [1.29, 1.82) is 0 Å². The summed E-state index contributed by atoms with van der Waals surface area (Å²) in [6.45, 7) is 0. The van der Waals surface area contributed by atoms with Gasteiger partial charge in [0.05, 0.1) is 20.4 Å². The fraction of sp³-hybridized carbons (Fsp3) is 0.111. The van der Waals surface area contributed by atoms with Crippen molar-refractivity contribution < 1.29 is 24.5 Å². The van der Waals surface area contributed by atoms with Gasteiger partial charge in [-0.3, -0.25) is 4.79 Å². The highest BCUT2D eigenvalue weighted by atomic mass is 16.5. The van der Waals surface area contributed by atoms with Gasteiger partial charge in [0.15, 0.2) is 23.0 Å². The number of nitrogens with zero attached hydrogens (tertiary/aromatic N) is 1. The van der Waals surface area contributed by atoms with Gasteiger partial charge in [-0.15, -0.1) is 0 Å². The van der Waals surface area contributed by atoms with Crippen LogP contribution in [0.2, 0.25) is 0 Å². The van der Waals surface area contributed by atoms with Crippen molar-refractivity contribution in [2.75, 3.05) is 14.2 Å². The van der Waals surface area contributed by atoms with Crippen LogP contribution in [-0.2, 0) is 4.79 Å². The molecule has 0 aliphatic rings. The Hall–Kier alpha value is -3.48. The van der Waals surface area contributed by atoms with E-state index in [0.717, 1.165) is 0 Å². The molecule has 0 unspecified atom stereocenters. The smallest absolute Gasteiger partial charge is 0.264 e. The molecule has 7 heteroatoms. The van der Waals surface area contributed by atoms with E-state index in [9.17, 15) is 15.0 Å². The lowest BCUT2D eigenvalue weighted by Gasteiger charge is -2.03. The van der Waals surface area contributed by atoms with Crippen LogP contribution in [-0.4, -0.2) is 36.6 Å². The molecule has 0 aromatic heterocycles. The second-order valence-electron chi connectivity index (χ2n) is 4.93. The van der Waals surface area contributed by atoms with E-state index in [2.05, 4.69) is 10.5 Å². The summed E-state index contributed by atoms with van der Waals surface area (Å²) in [6, 6.07) is 9.42. The maximum absolute atomic E-state index is 11.7. The van der Waals surface area contributed by atoms with Crippen molar-refractivity contribution in [2.45, 2.75) is 0 Å². The van der Waals surface area contributed by atoms with Gasteiger partial charge in [-0.05, 0) is 47.5 Å². The summed E-state index contributed by atoms with van der Waals surface area (Å²) in [5.74, 6) is 0.265. The first-order valence-corrected chi connectivity index (χ1v) is 7.28. The molecule has 0 radical (unpaired) electrons. The summed E-state index contributed by atoms with van der Waals surface area (Å²) < 4.78 is 9.99. The molecular formula is C18H18N2O5. The number of hydrazone groups is 1. The molecule has 0 aliphatic carbocycles. The third kappa shape index (κ3) is 5.00. The molecule has 2 aromatic rings. The first kappa shape index (κ1) is 17.9. The quantitative estimate of drug-likeness (QED) is 0.425. The van der Waals surface area contributed by atoms with Gasteiger partial charge in [-0.25, -0.2) is 5.43 Å². The van der Waals surface area contributed by atoms with Gasteiger partial charge in [0.2, 0.25) is 0 Å². The van der Waals surface area contributed by atoms with Gasteiger partial charge < -0.3 is 19.7 Å². The van der Waals surface area contributed by atoms with Crippen molar-refractivity contribution in [3.05, 3.63) is 53.6 Å². The van der Waals surface area contributed by atoms with Gasteiger partial charge >= 0.3 is 0 Å². The summed E-state index contributed by atoms with van der Waals surface area (Å²) in [5.41, 5.74) is 3.70. The van der Waals surface area contributed by atoms with E-state index in [-0.39, 0.29) is 11.5 Å². The van der Waals surface area contributed by atoms with Gasteiger partial charge in [0, 0.05) is 6.08 Å². The minimum absolute atomic E-state index is 0.0240. The highest BCUT2D eigenvalue weighted by molar-refractivity contribution is 5.92. The largest absolute Gasteiger partial charge is 0.504 e. The summed E-state index contributed by atoms with van der Waals surface area (Å²) >= 11 is 0. The molecule has 0 aliphatic heterocycles. The molecule has 0 saturated carbocycles. The van der Waals surface area contributed by atoms with Gasteiger partial charge in [-0.2, -0.15) is 5.10 Å². The lowest BCUT2D eigenvalue weighted by Crippen LogP contribution is -2.14. The molecule has 0 bridgehead atoms. The Morgan fingerprint density at radius 1 is 1.00 bits per heavy atom. The third-order valence-corrected chi connectivity index (χ3v) is 3.22. The van der Waals surface area contributed by atoms with Crippen molar-refractivity contribution >= 4 is 18.2 Å². The molecular weight excluding hydrogens is 324 g/mol. The molecule has 2 aromatic carbocycles. The second-order valence-corrected chi connectivity index (χ2v) is 4.93. The number of carbonyl (C=O) groups excluding carboxylic acids is 1. The van der Waals surface area contributed by atoms with E-state index in [4.69, 9.17) is 9.47 Å². The molecule has 1 amide bonds. The molecule has 130 valence electrons. The minimum atomic E-state index is -0.422. The Labute approximate surface area is 144 Å². The third-order valence-electron chi connectivity index (χ3n) is 3.22. The highest BCUT2D eigenvalue weighted by Gasteiger charge is 2.02. The van der Waals surface area contributed by atoms with Crippen LogP contribution in [0.25, 0.3) is 6.08 Å². The Balaban J connectivity index is 1.96. The number of benzene rings is 2. The van der Waals surface area contributed by atoms with E-state index in [1.807, 2.05) is 0 Å². The molecule has 0 atom stereocenters. The Bertz CT molecular complexity index is 815. The van der Waals surface area contributed by atoms with Crippen molar-refractivity contribution in [3.8, 4) is 23.0 Å². The number of hydrogen-bond acceptors (Lipinski definition) is 6. The Kier molecular flexibility index (Phi) is 6.00. The molecule has 0 fully saturated rings. The summed E-state index contributed by atoms with van der Waals surface area (Å²) in [4.78, 5) is 11.7. The van der Waals surface area contributed by atoms with Crippen LogP contribution in [0.3, 0.4) is 0 Å². The maximum Gasteiger partial charge on any atom is 0.264 e. The fourth-order valence-electron chi connectivity index (χ4n) is 1.95. The second kappa shape index (κ2) is 8.39. The number of hydrogen-bond donors (Lipinski definition) is 3. The predicted molar refractivity (Wildman–Crippen MR) is 94.1 cm³/mol. The predicted octanol–water partition coefficient (Wildman–Crippen LogP) is 2.28. The monoisotopic (exact) mass is 342 g/mol. The van der Waals surface area contributed by atoms with Gasteiger partial charge in [0.25, 0.3) is 5.91 Å². The fourth-order valence-corrected chi connectivity index (χ4v) is 1.95. The number of ether oxygens (including phenoxy) is 2. The van der Waals surface area contributed by atoms with Gasteiger partial charge in [0.1, 0.15) is 0 Å². The number of amides is 1. The highest BCUT2D eigenvalue weighted by Crippen LogP contribution is 2.27. The standard InChI is InChI=1S/C18H18N2O5/c1-24-16-9-12(3-6-14(16)21)5-8-18(23)20-19-11-13-4-7-15(22)17(10-13)25-2/h3-11,21-22H,1-2H3,(H,20,23)/b8-5+,19-11+. The molecule has 25 heavy (non-hydrogen) atoms. The zero-order chi connectivity index (χ0) is 18.2. The first-order chi connectivity index (χ1) is 12.0. The molecule has 0 spiro atoms. The minimum Gasteiger partial charge on any atom is -0.504 e. The van der Waals surface area contributed by atoms with Crippen LogP contribution in [0.1, 0.15) is 11.1 Å². The number of methoxy groups -OCH3 is 2. The van der Waals surface area contributed by atoms with E-state index in [1.54, 1.807) is 30.3 Å². The summed E-state index contributed by atoms with van der Waals surface area (Å²) in [6.07, 6.45) is 4.30. The molecule has 2 rings (SSSR count). The molecule has 3 N–H and O–H groups in total. The maximum atomic E-state index is 11.7. The number of nitrogens with one attached hydrogen (secondary N) is 1. The first-order valence-electron chi connectivity index (χ1n) is 7.28. The molecule has 0 heterocycles. The molecule has 7 nitrogen and oxygen atoms in total. The topological polar surface area (TPSA) is 100 Å². The van der Waals surface area contributed by atoms with Crippen LogP contribution in [0, 0.1) is 0 Å². The van der Waals surface area contributed by atoms with E-state index in [1.165, 1.54) is 38.6 Å². The normalized spacial score (nSPS) is 11.0. The van der Waals surface area contributed by atoms with Crippen LogP contribution in [0.15, 0.2) is 47.6 Å². The van der Waals surface area contributed by atoms with Crippen molar-refractivity contribution in [3.63, 3.8) is 0 Å². The lowest BCUT2D eigenvalue weighted by atomic mass is 10.2. The van der Waals surface area contributed by atoms with Crippen molar-refractivity contribution in [1.82, 2.24) is 5.43 Å². The van der Waals surface area contributed by atoms with Crippen LogP contribution in [0.4, 0.5) is 0 Å². The average molecular weight is 342 g/mol. The Morgan fingerprint density at radius 3 is 2.16 bits per heavy atom. The Morgan fingerprint density at radius 2 is 1.56 bits per heavy atom. The number of aromatic hydroxyl groups is 2. The number of phenols is 2. The van der Waals surface area contributed by atoms with E-state index < -0.39 is 5.91 Å². The van der Waals surface area contributed by atoms with Crippen LogP contribution in [0.5, 0.6) is 23.0 Å². The van der Waals surface area contributed by atoms with Crippen LogP contribution < -0.4 is 14.9 Å². The SMILES string of the molecule is COc1cc(/C=C/C(=O)N/N=C/c2ccc(O)c(OC)c2)ccc1O. The average Bonchev–Trinajstić information content (AvgIpc) is 2.62. The number of phenolic OH excluding ortho intramolecular Hbond substituents is 2. The zero-order valence-corrected chi connectivity index (χ0v) is 13.8.